The maximum atomic E-state index is 8.82. The summed E-state index contributed by atoms with van der Waals surface area (Å²) in [4.78, 5) is 0. The van der Waals surface area contributed by atoms with Crippen molar-refractivity contribution in [3.8, 4) is 0 Å². The maximum Gasteiger partial charge on any atom is 0.231 e. The topological polar surface area (TPSA) is 20.2 Å². The second-order valence-corrected chi connectivity index (χ2v) is 3.72. The highest BCUT2D eigenvalue weighted by Crippen LogP contribution is 2.28. The van der Waals surface area contributed by atoms with Crippen molar-refractivity contribution in [2.24, 2.45) is 0 Å². The largest absolute Gasteiger partial charge is 0.361 e. The Morgan fingerprint density at radius 2 is 2.00 bits per heavy atom. The molecule has 0 saturated heterocycles. The summed E-state index contributed by atoms with van der Waals surface area (Å²) < 4.78 is -1.78. The molecule has 0 aliphatic rings. The van der Waals surface area contributed by atoms with E-state index in [0.29, 0.717) is 6.42 Å². The van der Waals surface area contributed by atoms with Crippen LogP contribution in [-0.4, -0.2) is 15.0 Å². The van der Waals surface area contributed by atoms with E-state index in [0.717, 1.165) is 6.42 Å². The summed E-state index contributed by atoms with van der Waals surface area (Å²) in [6, 6.07) is 0. The van der Waals surface area contributed by atoms with Gasteiger partial charge >= 0.3 is 0 Å². The Hall–Kier alpha value is 0.830. The zero-order valence-corrected chi connectivity index (χ0v) is 7.34. The molecule has 56 valence electrons. The van der Waals surface area contributed by atoms with Gasteiger partial charge in [-0.3, -0.25) is 0 Å². The van der Waals surface area contributed by atoms with Crippen LogP contribution in [0, 0.1) is 0 Å². The van der Waals surface area contributed by atoms with Crippen LogP contribution in [0.3, 0.4) is 0 Å². The zero-order valence-electron chi connectivity index (χ0n) is 5.07. The Morgan fingerprint density at radius 1 is 1.56 bits per heavy atom. The summed E-state index contributed by atoms with van der Waals surface area (Å²) in [5.74, 6) is 0. The molecule has 4 heteroatoms. The predicted molar refractivity (Wildman–Crippen MR) is 41.2 cm³/mol. The van der Waals surface area contributed by atoms with Crippen molar-refractivity contribution < 1.29 is 5.11 Å². The predicted octanol–water partition coefficient (Wildman–Crippen LogP) is 2.52. The van der Waals surface area contributed by atoms with E-state index in [9.17, 15) is 0 Å². The van der Waals surface area contributed by atoms with E-state index in [1.165, 1.54) is 0 Å². The summed E-state index contributed by atoms with van der Waals surface area (Å²) in [6.07, 6.45) is 1.47. The van der Waals surface area contributed by atoms with E-state index in [2.05, 4.69) is 0 Å². The summed E-state index contributed by atoms with van der Waals surface area (Å²) in [5, 5.41) is 8.24. The van der Waals surface area contributed by atoms with Gasteiger partial charge in [-0.15, -0.1) is 11.6 Å². The van der Waals surface area contributed by atoms with Crippen molar-refractivity contribution in [2.45, 2.75) is 29.7 Å². The summed E-state index contributed by atoms with van der Waals surface area (Å²) in [7, 11) is 0. The zero-order chi connectivity index (χ0) is 7.49. The first kappa shape index (κ1) is 9.83. The van der Waals surface area contributed by atoms with Crippen molar-refractivity contribution in [3.63, 3.8) is 0 Å². The SMILES string of the molecule is CCCC(Cl)C(O)(Cl)Cl. The lowest BCUT2D eigenvalue weighted by atomic mass is 10.2. The van der Waals surface area contributed by atoms with E-state index >= 15 is 0 Å². The minimum Gasteiger partial charge on any atom is -0.361 e. The molecule has 1 unspecified atom stereocenters. The second-order valence-electron chi connectivity index (χ2n) is 1.84. The van der Waals surface area contributed by atoms with E-state index < -0.39 is 9.90 Å². The lowest BCUT2D eigenvalue weighted by molar-refractivity contribution is 0.204. The quantitative estimate of drug-likeness (QED) is 0.680. The van der Waals surface area contributed by atoms with Gasteiger partial charge in [-0.05, 0) is 6.42 Å². The van der Waals surface area contributed by atoms with Crippen LogP contribution in [-0.2, 0) is 0 Å². The van der Waals surface area contributed by atoms with Crippen molar-refractivity contribution >= 4 is 34.8 Å². The normalized spacial score (nSPS) is 15.7. The maximum absolute atomic E-state index is 8.82. The average molecular weight is 191 g/mol. The minimum atomic E-state index is -1.78. The van der Waals surface area contributed by atoms with Crippen molar-refractivity contribution in [1.29, 1.82) is 0 Å². The van der Waals surface area contributed by atoms with Crippen LogP contribution < -0.4 is 0 Å². The Labute approximate surface area is 69.9 Å². The molecule has 0 aromatic rings. The molecule has 0 rings (SSSR count). The van der Waals surface area contributed by atoms with Gasteiger partial charge in [0.2, 0.25) is 4.52 Å². The number of aliphatic hydroxyl groups is 1. The first-order chi connectivity index (χ1) is 3.98. The molecule has 1 atom stereocenters. The molecule has 1 N–H and O–H groups in total. The van der Waals surface area contributed by atoms with Crippen LogP contribution in [0.4, 0.5) is 0 Å². The van der Waals surface area contributed by atoms with Gasteiger partial charge in [0.15, 0.2) is 0 Å². The van der Waals surface area contributed by atoms with Crippen LogP contribution in [0.15, 0.2) is 0 Å². The van der Waals surface area contributed by atoms with Gasteiger partial charge in [0.1, 0.15) is 0 Å². The molecule has 0 radical (unpaired) electrons. The van der Waals surface area contributed by atoms with Gasteiger partial charge < -0.3 is 5.11 Å². The Balaban J connectivity index is 3.59. The molecule has 0 aromatic heterocycles. The first-order valence-corrected chi connectivity index (χ1v) is 3.92. The van der Waals surface area contributed by atoms with Crippen molar-refractivity contribution in [3.05, 3.63) is 0 Å². The summed E-state index contributed by atoms with van der Waals surface area (Å²) >= 11 is 16.0. The highest BCUT2D eigenvalue weighted by Gasteiger charge is 2.29. The van der Waals surface area contributed by atoms with Crippen LogP contribution in [0.5, 0.6) is 0 Å². The van der Waals surface area contributed by atoms with Crippen LogP contribution in [0.2, 0.25) is 0 Å². The van der Waals surface area contributed by atoms with Gasteiger partial charge in [-0.1, -0.05) is 36.5 Å². The fraction of sp³-hybridized carbons (Fsp3) is 1.00. The molecule has 0 aromatic carbocycles. The Bertz CT molecular complexity index is 78.8. The van der Waals surface area contributed by atoms with Crippen LogP contribution in [0.25, 0.3) is 0 Å². The number of hydrogen-bond donors (Lipinski definition) is 1. The average Bonchev–Trinajstić information content (AvgIpc) is 1.64. The smallest absolute Gasteiger partial charge is 0.231 e. The van der Waals surface area contributed by atoms with Gasteiger partial charge in [0.25, 0.3) is 0 Å². The number of hydrogen-bond acceptors (Lipinski definition) is 1. The van der Waals surface area contributed by atoms with Crippen LogP contribution in [0.1, 0.15) is 19.8 Å². The van der Waals surface area contributed by atoms with E-state index in [1.807, 2.05) is 6.92 Å². The molecule has 0 amide bonds. The standard InChI is InChI=1S/C5H9Cl3O/c1-2-3-4(6)5(7,8)9/h4,9H,2-3H2,1H3. The molecule has 0 heterocycles. The van der Waals surface area contributed by atoms with Crippen molar-refractivity contribution in [2.75, 3.05) is 0 Å². The minimum absolute atomic E-state index is 0.578. The molecule has 1 nitrogen and oxygen atoms in total. The third-order valence-corrected chi connectivity index (χ3v) is 2.20. The van der Waals surface area contributed by atoms with Crippen LogP contribution >= 0.6 is 34.8 Å². The molecule has 0 spiro atoms. The molecule has 0 saturated carbocycles. The third-order valence-electron chi connectivity index (χ3n) is 0.919. The molecule has 0 aliphatic carbocycles. The fourth-order valence-corrected chi connectivity index (χ4v) is 0.864. The van der Waals surface area contributed by atoms with E-state index in [-0.39, 0.29) is 0 Å². The summed E-state index contributed by atoms with van der Waals surface area (Å²) in [5.41, 5.74) is 0. The monoisotopic (exact) mass is 190 g/mol. The molecule has 0 aliphatic heterocycles. The van der Waals surface area contributed by atoms with Gasteiger partial charge in [-0.25, -0.2) is 0 Å². The van der Waals surface area contributed by atoms with E-state index in [1.54, 1.807) is 0 Å². The lowest BCUT2D eigenvalue weighted by Crippen LogP contribution is -2.25. The van der Waals surface area contributed by atoms with Gasteiger partial charge in [0, 0.05) is 0 Å². The highest BCUT2D eigenvalue weighted by atomic mass is 35.5. The highest BCUT2D eigenvalue weighted by molar-refractivity contribution is 6.50. The Kier molecular flexibility index (Phi) is 4.22. The number of halogens is 3. The first-order valence-electron chi connectivity index (χ1n) is 2.72. The summed E-state index contributed by atoms with van der Waals surface area (Å²) in [6.45, 7) is 1.94. The Morgan fingerprint density at radius 3 is 2.11 bits per heavy atom. The number of alkyl halides is 3. The molecule has 0 fully saturated rings. The lowest BCUT2D eigenvalue weighted by Gasteiger charge is -2.17. The second kappa shape index (κ2) is 3.87. The van der Waals surface area contributed by atoms with Gasteiger partial charge in [-0.2, -0.15) is 0 Å². The molecular formula is C5H9Cl3O. The van der Waals surface area contributed by atoms with Gasteiger partial charge in [0.05, 0.1) is 5.38 Å². The van der Waals surface area contributed by atoms with E-state index in [4.69, 9.17) is 39.9 Å². The molecule has 0 bridgehead atoms. The van der Waals surface area contributed by atoms with Crippen molar-refractivity contribution in [1.82, 2.24) is 0 Å². The molecular weight excluding hydrogens is 182 g/mol. The molecule has 9 heavy (non-hydrogen) atoms. The third kappa shape index (κ3) is 4.26. The number of rotatable bonds is 3. The fourth-order valence-electron chi connectivity index (χ4n) is 0.427.